The summed E-state index contributed by atoms with van der Waals surface area (Å²) in [6.07, 6.45) is 4.26. The van der Waals surface area contributed by atoms with Crippen LogP contribution in [0.5, 0.6) is 0 Å². The van der Waals surface area contributed by atoms with Crippen LogP contribution in [0.3, 0.4) is 0 Å². The number of hydrogen-bond donors (Lipinski definition) is 0. The summed E-state index contributed by atoms with van der Waals surface area (Å²) in [4.78, 5) is 29.7. The molecule has 0 unspecified atom stereocenters. The number of piperazine rings is 1. The van der Waals surface area contributed by atoms with Crippen LogP contribution >= 0.6 is 0 Å². The fourth-order valence-electron chi connectivity index (χ4n) is 4.40. The van der Waals surface area contributed by atoms with Gasteiger partial charge in [-0.25, -0.2) is 0 Å². The number of aryl methyl sites for hydroxylation is 2. The van der Waals surface area contributed by atoms with E-state index in [9.17, 15) is 9.59 Å². The molecule has 1 saturated carbocycles. The first kappa shape index (κ1) is 19.7. The number of amides is 2. The lowest BCUT2D eigenvalue weighted by Crippen LogP contribution is -2.53. The standard InChI is InChI=1S/C25H30N2O2/c1-20-7-5-11-22(19-20)25(13-14-25)24(29)27-17-15-26(16-18-27)23(28)12-6-10-21-8-3-2-4-9-21/h2-5,7-9,11,19H,6,10,12-18H2,1H3. The fraction of sp³-hybridized carbons (Fsp3) is 0.440. The Morgan fingerprint density at radius 3 is 2.24 bits per heavy atom. The van der Waals surface area contributed by atoms with Gasteiger partial charge in [-0.1, -0.05) is 60.2 Å². The first-order valence-electron chi connectivity index (χ1n) is 10.8. The Hall–Kier alpha value is -2.62. The number of hydrogen-bond acceptors (Lipinski definition) is 2. The molecule has 4 heteroatoms. The number of carbonyl (C=O) groups is 2. The Morgan fingerprint density at radius 1 is 0.897 bits per heavy atom. The molecule has 0 atom stereocenters. The lowest BCUT2D eigenvalue weighted by molar-refractivity contribution is -0.141. The van der Waals surface area contributed by atoms with Crippen molar-refractivity contribution in [2.75, 3.05) is 26.2 Å². The highest BCUT2D eigenvalue weighted by Gasteiger charge is 2.53. The van der Waals surface area contributed by atoms with Gasteiger partial charge in [-0.15, -0.1) is 0 Å². The highest BCUT2D eigenvalue weighted by atomic mass is 16.2. The number of rotatable bonds is 6. The Kier molecular flexibility index (Phi) is 5.70. The fourth-order valence-corrected chi connectivity index (χ4v) is 4.40. The minimum absolute atomic E-state index is 0.216. The summed E-state index contributed by atoms with van der Waals surface area (Å²) in [5.41, 5.74) is 3.32. The van der Waals surface area contributed by atoms with Crippen molar-refractivity contribution in [2.24, 2.45) is 0 Å². The predicted molar refractivity (Wildman–Crippen MR) is 115 cm³/mol. The van der Waals surface area contributed by atoms with E-state index in [1.165, 1.54) is 11.1 Å². The van der Waals surface area contributed by atoms with Crippen LogP contribution in [0.4, 0.5) is 0 Å². The van der Waals surface area contributed by atoms with E-state index >= 15 is 0 Å². The Bertz CT molecular complexity index is 865. The second kappa shape index (κ2) is 8.40. The van der Waals surface area contributed by atoms with Crippen LogP contribution in [0.1, 0.15) is 42.4 Å². The number of benzene rings is 2. The molecule has 0 radical (unpaired) electrons. The molecule has 1 saturated heterocycles. The van der Waals surface area contributed by atoms with E-state index < -0.39 is 0 Å². The van der Waals surface area contributed by atoms with Crippen molar-refractivity contribution in [1.29, 1.82) is 0 Å². The molecule has 0 N–H and O–H groups in total. The van der Waals surface area contributed by atoms with E-state index in [2.05, 4.69) is 37.3 Å². The minimum Gasteiger partial charge on any atom is -0.339 e. The first-order valence-corrected chi connectivity index (χ1v) is 10.8. The summed E-state index contributed by atoms with van der Waals surface area (Å²) in [5.74, 6) is 0.465. The van der Waals surface area contributed by atoms with Crippen molar-refractivity contribution >= 4 is 11.8 Å². The predicted octanol–water partition coefficient (Wildman–Crippen LogP) is 3.72. The van der Waals surface area contributed by atoms with E-state index in [0.29, 0.717) is 32.6 Å². The molecule has 2 fully saturated rings. The lowest BCUT2D eigenvalue weighted by atomic mass is 9.92. The minimum atomic E-state index is -0.312. The van der Waals surface area contributed by atoms with E-state index in [1.54, 1.807) is 0 Å². The van der Waals surface area contributed by atoms with Gasteiger partial charge in [0.15, 0.2) is 0 Å². The normalized spacial score (nSPS) is 17.8. The Balaban J connectivity index is 1.27. The van der Waals surface area contributed by atoms with Gasteiger partial charge in [-0.2, -0.15) is 0 Å². The Morgan fingerprint density at radius 2 is 1.59 bits per heavy atom. The monoisotopic (exact) mass is 390 g/mol. The smallest absolute Gasteiger partial charge is 0.233 e. The van der Waals surface area contributed by atoms with Crippen LogP contribution in [0.15, 0.2) is 54.6 Å². The summed E-state index contributed by atoms with van der Waals surface area (Å²) in [6, 6.07) is 18.7. The molecule has 29 heavy (non-hydrogen) atoms. The molecule has 0 spiro atoms. The largest absolute Gasteiger partial charge is 0.339 e. The third-order valence-electron chi connectivity index (χ3n) is 6.35. The van der Waals surface area contributed by atoms with Gasteiger partial charge in [0.25, 0.3) is 0 Å². The van der Waals surface area contributed by atoms with Gasteiger partial charge in [0, 0.05) is 32.6 Å². The highest BCUT2D eigenvalue weighted by Crippen LogP contribution is 2.49. The molecule has 2 aromatic rings. The zero-order chi connectivity index (χ0) is 20.3. The summed E-state index contributed by atoms with van der Waals surface area (Å²) in [5, 5.41) is 0. The molecule has 1 aliphatic heterocycles. The van der Waals surface area contributed by atoms with Crippen LogP contribution in [-0.2, 0) is 21.4 Å². The molecule has 4 rings (SSSR count). The maximum Gasteiger partial charge on any atom is 0.233 e. The van der Waals surface area contributed by atoms with Gasteiger partial charge in [-0.05, 0) is 43.7 Å². The third-order valence-corrected chi connectivity index (χ3v) is 6.35. The van der Waals surface area contributed by atoms with Gasteiger partial charge < -0.3 is 9.80 Å². The SMILES string of the molecule is Cc1cccc(C2(C(=O)N3CCN(C(=O)CCCc4ccccc4)CC3)CC2)c1. The molecule has 2 amide bonds. The quantitative estimate of drug-likeness (QED) is 0.754. The molecule has 4 nitrogen and oxygen atoms in total. The van der Waals surface area contributed by atoms with E-state index in [1.807, 2.05) is 34.1 Å². The molecule has 2 aromatic carbocycles. The maximum atomic E-state index is 13.2. The van der Waals surface area contributed by atoms with Gasteiger partial charge in [-0.3, -0.25) is 9.59 Å². The van der Waals surface area contributed by atoms with Crippen molar-refractivity contribution in [1.82, 2.24) is 9.80 Å². The van der Waals surface area contributed by atoms with E-state index in [-0.39, 0.29) is 17.2 Å². The van der Waals surface area contributed by atoms with Crippen LogP contribution in [0, 0.1) is 6.92 Å². The topological polar surface area (TPSA) is 40.6 Å². The summed E-state index contributed by atoms with van der Waals surface area (Å²) in [7, 11) is 0. The lowest BCUT2D eigenvalue weighted by Gasteiger charge is -2.37. The number of carbonyl (C=O) groups excluding carboxylic acids is 2. The van der Waals surface area contributed by atoms with E-state index in [0.717, 1.165) is 31.2 Å². The van der Waals surface area contributed by atoms with Crippen molar-refractivity contribution in [3.8, 4) is 0 Å². The van der Waals surface area contributed by atoms with Gasteiger partial charge in [0.1, 0.15) is 0 Å². The summed E-state index contributed by atoms with van der Waals surface area (Å²) >= 11 is 0. The molecular formula is C25H30N2O2. The summed E-state index contributed by atoms with van der Waals surface area (Å²) in [6.45, 7) is 4.68. The average Bonchev–Trinajstić information content (AvgIpc) is 3.56. The molecule has 1 aliphatic carbocycles. The molecule has 2 aliphatic rings. The van der Waals surface area contributed by atoms with Gasteiger partial charge in [0.05, 0.1) is 5.41 Å². The average molecular weight is 391 g/mol. The van der Waals surface area contributed by atoms with Gasteiger partial charge >= 0.3 is 0 Å². The van der Waals surface area contributed by atoms with Crippen LogP contribution in [0.25, 0.3) is 0 Å². The van der Waals surface area contributed by atoms with Gasteiger partial charge in [0.2, 0.25) is 11.8 Å². The third kappa shape index (κ3) is 4.36. The molecular weight excluding hydrogens is 360 g/mol. The second-order valence-corrected chi connectivity index (χ2v) is 8.46. The van der Waals surface area contributed by atoms with Crippen LogP contribution < -0.4 is 0 Å². The van der Waals surface area contributed by atoms with Crippen LogP contribution in [-0.4, -0.2) is 47.8 Å². The maximum absolute atomic E-state index is 13.2. The molecule has 0 bridgehead atoms. The number of nitrogens with zero attached hydrogens (tertiary/aromatic N) is 2. The highest BCUT2D eigenvalue weighted by molar-refractivity contribution is 5.91. The first-order chi connectivity index (χ1) is 14.1. The van der Waals surface area contributed by atoms with Crippen molar-refractivity contribution < 1.29 is 9.59 Å². The zero-order valence-corrected chi connectivity index (χ0v) is 17.3. The van der Waals surface area contributed by atoms with Crippen LogP contribution in [0.2, 0.25) is 0 Å². The second-order valence-electron chi connectivity index (χ2n) is 8.46. The van der Waals surface area contributed by atoms with E-state index in [4.69, 9.17) is 0 Å². The molecule has 1 heterocycles. The Labute approximate surface area is 173 Å². The van der Waals surface area contributed by atoms with Crippen molar-refractivity contribution in [2.45, 2.75) is 44.4 Å². The molecule has 152 valence electrons. The molecule has 0 aromatic heterocycles. The zero-order valence-electron chi connectivity index (χ0n) is 17.3. The van der Waals surface area contributed by atoms with Crippen molar-refractivity contribution in [3.63, 3.8) is 0 Å². The van der Waals surface area contributed by atoms with Crippen molar-refractivity contribution in [3.05, 3.63) is 71.3 Å². The summed E-state index contributed by atoms with van der Waals surface area (Å²) < 4.78 is 0.